The number of halogens is 2. The number of aromatic nitrogens is 2. The smallest absolute Gasteiger partial charge is 0.271 e. The van der Waals surface area contributed by atoms with Crippen LogP contribution in [0.1, 0.15) is 17.4 Å². The van der Waals surface area contributed by atoms with E-state index in [1.54, 1.807) is 17.1 Å². The molecule has 0 aliphatic rings. The van der Waals surface area contributed by atoms with Crippen molar-refractivity contribution in [1.29, 1.82) is 0 Å². The van der Waals surface area contributed by atoms with Gasteiger partial charge in [-0.15, -0.1) is 0 Å². The summed E-state index contributed by atoms with van der Waals surface area (Å²) in [6.45, 7) is 1.96. The molecule has 0 unspecified atom stereocenters. The second-order valence-electron chi connectivity index (χ2n) is 3.71. The fraction of sp³-hybridized carbons (Fsp3) is 0.556. The molecule has 1 amide bonds. The number of rotatable bonds is 4. The van der Waals surface area contributed by atoms with Crippen LogP contribution in [0.2, 0.25) is 0 Å². The molecule has 0 aliphatic heterocycles. The number of carbonyl (C=O) groups is 1. The number of aryl methyl sites for hydroxylation is 1. The fourth-order valence-electron chi connectivity index (χ4n) is 0.971. The lowest BCUT2D eigenvalue weighted by molar-refractivity contribution is 0.0918. The molecule has 1 N–H and O–H groups in total. The molecular formula is C9H13Br2N3O. The second kappa shape index (κ2) is 5.12. The summed E-state index contributed by atoms with van der Waals surface area (Å²) < 4.78 is 1.74. The quantitative estimate of drug-likeness (QED) is 0.849. The summed E-state index contributed by atoms with van der Waals surface area (Å²) in [5.41, 5.74) is 0.139. The van der Waals surface area contributed by atoms with Crippen LogP contribution in [0.5, 0.6) is 0 Å². The first-order chi connectivity index (χ1) is 7.00. The van der Waals surface area contributed by atoms with Gasteiger partial charge in [0.1, 0.15) is 5.69 Å². The van der Waals surface area contributed by atoms with Gasteiger partial charge in [0, 0.05) is 23.9 Å². The SMILES string of the molecule is Cn1cnc(C(=O)NC(C)(CBr)CBr)c1. The Balaban J connectivity index is 2.71. The summed E-state index contributed by atoms with van der Waals surface area (Å²) in [6, 6.07) is 0. The van der Waals surface area contributed by atoms with E-state index in [1.165, 1.54) is 0 Å². The highest BCUT2D eigenvalue weighted by Crippen LogP contribution is 2.12. The highest BCUT2D eigenvalue weighted by atomic mass is 79.9. The summed E-state index contributed by atoms with van der Waals surface area (Å²) in [7, 11) is 1.83. The molecule has 1 rings (SSSR count). The van der Waals surface area contributed by atoms with Crippen molar-refractivity contribution in [2.24, 2.45) is 7.05 Å². The van der Waals surface area contributed by atoms with Crippen molar-refractivity contribution in [2.45, 2.75) is 12.5 Å². The molecular weight excluding hydrogens is 326 g/mol. The maximum atomic E-state index is 11.8. The van der Waals surface area contributed by atoms with E-state index in [2.05, 4.69) is 42.2 Å². The summed E-state index contributed by atoms with van der Waals surface area (Å²) in [6.07, 6.45) is 3.30. The van der Waals surface area contributed by atoms with Crippen LogP contribution in [0.25, 0.3) is 0 Å². The zero-order valence-electron chi connectivity index (χ0n) is 8.63. The van der Waals surface area contributed by atoms with Gasteiger partial charge in [0.25, 0.3) is 5.91 Å². The van der Waals surface area contributed by atoms with E-state index in [0.717, 1.165) is 0 Å². The van der Waals surface area contributed by atoms with E-state index in [0.29, 0.717) is 16.4 Å². The van der Waals surface area contributed by atoms with Crippen molar-refractivity contribution in [3.8, 4) is 0 Å². The molecule has 0 spiro atoms. The molecule has 0 saturated heterocycles. The van der Waals surface area contributed by atoms with Gasteiger partial charge < -0.3 is 9.88 Å². The first-order valence-corrected chi connectivity index (χ1v) is 6.67. The lowest BCUT2D eigenvalue weighted by Crippen LogP contribution is -2.49. The molecule has 84 valence electrons. The van der Waals surface area contributed by atoms with Crippen LogP contribution < -0.4 is 5.32 Å². The maximum absolute atomic E-state index is 11.8. The van der Waals surface area contributed by atoms with Gasteiger partial charge in [0.2, 0.25) is 0 Å². The molecule has 0 aromatic carbocycles. The van der Waals surface area contributed by atoms with Crippen molar-refractivity contribution in [2.75, 3.05) is 10.7 Å². The molecule has 1 aromatic heterocycles. The third-order valence-corrected chi connectivity index (χ3v) is 4.42. The second-order valence-corrected chi connectivity index (χ2v) is 4.83. The first-order valence-electron chi connectivity index (χ1n) is 4.43. The third-order valence-electron chi connectivity index (χ3n) is 1.94. The molecule has 0 bridgehead atoms. The summed E-state index contributed by atoms with van der Waals surface area (Å²) in [5, 5.41) is 4.28. The average molecular weight is 339 g/mol. The van der Waals surface area contributed by atoms with Crippen molar-refractivity contribution in [1.82, 2.24) is 14.9 Å². The Kier molecular flexibility index (Phi) is 4.33. The van der Waals surface area contributed by atoms with Gasteiger partial charge in [-0.2, -0.15) is 0 Å². The van der Waals surface area contributed by atoms with E-state index in [9.17, 15) is 4.79 Å². The Morgan fingerprint density at radius 1 is 1.60 bits per heavy atom. The van der Waals surface area contributed by atoms with Crippen LogP contribution in [0, 0.1) is 0 Å². The van der Waals surface area contributed by atoms with Crippen LogP contribution in [0.4, 0.5) is 0 Å². The lowest BCUT2D eigenvalue weighted by Gasteiger charge is -2.25. The van der Waals surface area contributed by atoms with E-state index < -0.39 is 0 Å². The molecule has 1 heterocycles. The Morgan fingerprint density at radius 2 is 2.20 bits per heavy atom. The standard InChI is InChI=1S/C9H13Br2N3O/c1-9(4-10,5-11)13-8(15)7-3-14(2)6-12-7/h3,6H,4-5H2,1-2H3,(H,13,15). The van der Waals surface area contributed by atoms with Crippen LogP contribution >= 0.6 is 31.9 Å². The first kappa shape index (κ1) is 12.7. The molecule has 1 aromatic rings. The number of hydrogen-bond donors (Lipinski definition) is 1. The van der Waals surface area contributed by atoms with E-state index >= 15 is 0 Å². The van der Waals surface area contributed by atoms with E-state index in [1.807, 2.05) is 14.0 Å². The average Bonchev–Trinajstić information content (AvgIpc) is 2.65. The molecule has 15 heavy (non-hydrogen) atoms. The van der Waals surface area contributed by atoms with E-state index in [-0.39, 0.29) is 11.4 Å². The number of carbonyl (C=O) groups excluding carboxylic acids is 1. The van der Waals surface area contributed by atoms with Gasteiger partial charge >= 0.3 is 0 Å². The van der Waals surface area contributed by atoms with Gasteiger partial charge in [0.05, 0.1) is 11.9 Å². The van der Waals surface area contributed by atoms with Gasteiger partial charge in [-0.25, -0.2) is 4.98 Å². The Hall–Kier alpha value is -0.360. The molecule has 0 saturated carbocycles. The monoisotopic (exact) mass is 337 g/mol. The number of nitrogens with zero attached hydrogens (tertiary/aromatic N) is 2. The molecule has 6 heteroatoms. The van der Waals surface area contributed by atoms with Crippen molar-refractivity contribution < 1.29 is 4.79 Å². The highest BCUT2D eigenvalue weighted by Gasteiger charge is 2.25. The molecule has 0 atom stereocenters. The molecule has 0 radical (unpaired) electrons. The molecule has 4 nitrogen and oxygen atoms in total. The van der Waals surface area contributed by atoms with E-state index in [4.69, 9.17) is 0 Å². The number of alkyl halides is 2. The summed E-state index contributed by atoms with van der Waals surface area (Å²) >= 11 is 6.74. The van der Waals surface area contributed by atoms with Crippen molar-refractivity contribution >= 4 is 37.8 Å². The maximum Gasteiger partial charge on any atom is 0.271 e. The lowest BCUT2D eigenvalue weighted by atomic mass is 10.1. The zero-order chi connectivity index (χ0) is 11.5. The Bertz CT molecular complexity index is 347. The fourth-order valence-corrected chi connectivity index (χ4v) is 2.18. The van der Waals surface area contributed by atoms with Gasteiger partial charge in [-0.1, -0.05) is 31.9 Å². The predicted molar refractivity (Wildman–Crippen MR) is 66.7 cm³/mol. The minimum Gasteiger partial charge on any atom is -0.344 e. The van der Waals surface area contributed by atoms with Crippen LogP contribution in [-0.4, -0.2) is 31.7 Å². The van der Waals surface area contributed by atoms with Gasteiger partial charge in [0.15, 0.2) is 0 Å². The van der Waals surface area contributed by atoms with Crippen LogP contribution in [-0.2, 0) is 7.05 Å². The Labute approximate surface area is 106 Å². The topological polar surface area (TPSA) is 46.9 Å². The third kappa shape index (κ3) is 3.31. The zero-order valence-corrected chi connectivity index (χ0v) is 11.8. The number of hydrogen-bond acceptors (Lipinski definition) is 2. The van der Waals surface area contributed by atoms with Gasteiger partial charge in [-0.05, 0) is 6.92 Å². The number of amides is 1. The summed E-state index contributed by atoms with van der Waals surface area (Å²) in [4.78, 5) is 15.8. The molecule has 0 aliphatic carbocycles. The highest BCUT2D eigenvalue weighted by molar-refractivity contribution is 9.09. The summed E-state index contributed by atoms with van der Waals surface area (Å²) in [5.74, 6) is -0.156. The number of nitrogens with one attached hydrogen (secondary N) is 1. The largest absolute Gasteiger partial charge is 0.344 e. The minimum absolute atomic E-state index is 0.156. The minimum atomic E-state index is -0.297. The predicted octanol–water partition coefficient (Wildman–Crippen LogP) is 1.70. The van der Waals surface area contributed by atoms with Crippen LogP contribution in [0.3, 0.4) is 0 Å². The molecule has 0 fully saturated rings. The normalized spacial score (nSPS) is 11.5. The number of imidazole rings is 1. The van der Waals surface area contributed by atoms with Gasteiger partial charge in [-0.3, -0.25) is 4.79 Å². The van der Waals surface area contributed by atoms with Crippen LogP contribution in [0.15, 0.2) is 12.5 Å². The van der Waals surface area contributed by atoms with Crippen molar-refractivity contribution in [3.63, 3.8) is 0 Å². The van der Waals surface area contributed by atoms with Crippen molar-refractivity contribution in [3.05, 3.63) is 18.2 Å². The Morgan fingerprint density at radius 3 is 2.60 bits per heavy atom.